The zero-order valence-corrected chi connectivity index (χ0v) is 13.4. The van der Waals surface area contributed by atoms with E-state index in [-0.39, 0.29) is 5.54 Å². The molecule has 18 heavy (non-hydrogen) atoms. The van der Waals surface area contributed by atoms with Gasteiger partial charge in [0.1, 0.15) is 0 Å². The van der Waals surface area contributed by atoms with Crippen LogP contribution in [0.4, 0.5) is 0 Å². The first kappa shape index (κ1) is 14.4. The van der Waals surface area contributed by atoms with Crippen LogP contribution in [-0.2, 0) is 6.42 Å². The molecule has 3 heteroatoms. The van der Waals surface area contributed by atoms with Crippen molar-refractivity contribution in [2.75, 3.05) is 6.54 Å². The van der Waals surface area contributed by atoms with E-state index in [1.54, 1.807) is 0 Å². The summed E-state index contributed by atoms with van der Waals surface area (Å²) in [5.41, 5.74) is 1.58. The molecule has 0 radical (unpaired) electrons. The molecule has 1 aliphatic heterocycles. The predicted molar refractivity (Wildman–Crippen MR) is 82.3 cm³/mol. The van der Waals surface area contributed by atoms with Gasteiger partial charge in [0.05, 0.1) is 0 Å². The molecule has 0 aliphatic carbocycles. The molecule has 1 aliphatic rings. The molecule has 0 aromatic heterocycles. The summed E-state index contributed by atoms with van der Waals surface area (Å²) in [6.07, 6.45) is 4.84. The average Bonchev–Trinajstić information content (AvgIpc) is 2.71. The molecule has 1 nitrogen and oxygen atoms in total. The highest BCUT2D eigenvalue weighted by atomic mass is 79.9. The van der Waals surface area contributed by atoms with Crippen LogP contribution in [0.1, 0.15) is 38.7 Å². The Balaban J connectivity index is 2.20. The van der Waals surface area contributed by atoms with Crippen molar-refractivity contribution in [3.63, 3.8) is 0 Å². The zero-order chi connectivity index (χ0) is 13.2. The smallest absolute Gasteiger partial charge is 0.0409 e. The Bertz CT molecular complexity index is 411. The molecule has 1 aromatic rings. The van der Waals surface area contributed by atoms with Crippen LogP contribution in [0.5, 0.6) is 0 Å². The monoisotopic (exact) mass is 329 g/mol. The average molecular weight is 331 g/mol. The van der Waals surface area contributed by atoms with Crippen molar-refractivity contribution in [1.82, 2.24) is 5.32 Å². The predicted octanol–water partition coefficient (Wildman–Crippen LogP) is 4.81. The molecule has 1 unspecified atom stereocenters. The first-order chi connectivity index (χ1) is 8.51. The van der Waals surface area contributed by atoms with Gasteiger partial charge in [-0.2, -0.15) is 0 Å². The minimum Gasteiger partial charge on any atom is -0.311 e. The van der Waals surface area contributed by atoms with E-state index in [4.69, 9.17) is 11.6 Å². The molecule has 1 saturated heterocycles. The molecular formula is C15H21BrClN. The van der Waals surface area contributed by atoms with Crippen molar-refractivity contribution in [1.29, 1.82) is 0 Å². The lowest BCUT2D eigenvalue weighted by Gasteiger charge is -2.32. The lowest BCUT2D eigenvalue weighted by atomic mass is 9.82. The second kappa shape index (κ2) is 5.94. The fourth-order valence-corrected chi connectivity index (χ4v) is 3.67. The van der Waals surface area contributed by atoms with Gasteiger partial charge in [0.25, 0.3) is 0 Å². The Labute approximate surface area is 123 Å². The molecule has 1 fully saturated rings. The van der Waals surface area contributed by atoms with Gasteiger partial charge >= 0.3 is 0 Å². The minimum absolute atomic E-state index is 0.265. The van der Waals surface area contributed by atoms with Gasteiger partial charge in [0.15, 0.2) is 0 Å². The van der Waals surface area contributed by atoms with E-state index in [9.17, 15) is 0 Å². The van der Waals surface area contributed by atoms with Crippen LogP contribution in [0.3, 0.4) is 0 Å². The largest absolute Gasteiger partial charge is 0.311 e. The van der Waals surface area contributed by atoms with Crippen LogP contribution >= 0.6 is 27.5 Å². The van der Waals surface area contributed by atoms with Crippen LogP contribution in [-0.4, -0.2) is 12.1 Å². The van der Waals surface area contributed by atoms with E-state index in [1.807, 2.05) is 6.07 Å². The Kier molecular flexibility index (Phi) is 4.74. The van der Waals surface area contributed by atoms with Gasteiger partial charge in [-0.3, -0.25) is 0 Å². The third-order valence-electron chi connectivity index (χ3n) is 3.67. The van der Waals surface area contributed by atoms with Crippen LogP contribution in [0.25, 0.3) is 0 Å². The molecule has 0 spiro atoms. The van der Waals surface area contributed by atoms with Crippen molar-refractivity contribution in [3.8, 4) is 0 Å². The fraction of sp³-hybridized carbons (Fsp3) is 0.600. The molecule has 1 heterocycles. The van der Waals surface area contributed by atoms with Crippen molar-refractivity contribution < 1.29 is 0 Å². The van der Waals surface area contributed by atoms with Crippen molar-refractivity contribution in [2.24, 2.45) is 5.92 Å². The molecule has 1 aromatic carbocycles. The fourth-order valence-electron chi connectivity index (χ4n) is 3.09. The standard InChI is InChI=1S/C15H21BrClN/c1-11(2)9-15(6-3-7-18-15)10-12-8-13(17)4-5-14(12)16/h4-5,8,11,18H,3,6-7,9-10H2,1-2H3. The van der Waals surface area contributed by atoms with Crippen molar-refractivity contribution in [2.45, 2.75) is 45.1 Å². The summed E-state index contributed by atoms with van der Waals surface area (Å²) in [5, 5.41) is 4.56. The second-order valence-electron chi connectivity index (χ2n) is 5.82. The Morgan fingerprint density at radius 2 is 2.22 bits per heavy atom. The molecule has 1 atom stereocenters. The van der Waals surface area contributed by atoms with Gasteiger partial charge in [0, 0.05) is 15.0 Å². The summed E-state index contributed by atoms with van der Waals surface area (Å²) >= 11 is 9.75. The van der Waals surface area contributed by atoms with Crippen LogP contribution in [0.2, 0.25) is 5.02 Å². The van der Waals surface area contributed by atoms with E-state index >= 15 is 0 Å². The Morgan fingerprint density at radius 1 is 1.44 bits per heavy atom. The molecule has 1 N–H and O–H groups in total. The highest BCUT2D eigenvalue weighted by molar-refractivity contribution is 9.10. The van der Waals surface area contributed by atoms with Gasteiger partial charge in [-0.05, 0) is 61.9 Å². The van der Waals surface area contributed by atoms with Crippen molar-refractivity contribution in [3.05, 3.63) is 33.3 Å². The van der Waals surface area contributed by atoms with E-state index in [0.29, 0.717) is 5.92 Å². The number of hydrogen-bond donors (Lipinski definition) is 1. The number of benzene rings is 1. The first-order valence-electron chi connectivity index (χ1n) is 6.70. The zero-order valence-electron chi connectivity index (χ0n) is 11.1. The second-order valence-corrected chi connectivity index (χ2v) is 7.11. The van der Waals surface area contributed by atoms with Gasteiger partial charge < -0.3 is 5.32 Å². The van der Waals surface area contributed by atoms with E-state index in [1.165, 1.54) is 29.3 Å². The third kappa shape index (κ3) is 3.49. The Hall–Kier alpha value is -0.0500. The van der Waals surface area contributed by atoms with Gasteiger partial charge in [-0.1, -0.05) is 41.4 Å². The molecule has 2 rings (SSSR count). The minimum atomic E-state index is 0.265. The molecular weight excluding hydrogens is 310 g/mol. The molecule has 100 valence electrons. The quantitative estimate of drug-likeness (QED) is 0.835. The molecule has 0 amide bonds. The summed E-state index contributed by atoms with van der Waals surface area (Å²) in [5.74, 6) is 0.716. The van der Waals surface area contributed by atoms with E-state index in [2.05, 4.69) is 47.2 Å². The summed E-state index contributed by atoms with van der Waals surface area (Å²) in [6, 6.07) is 6.08. The maximum absolute atomic E-state index is 6.11. The number of nitrogens with one attached hydrogen (secondary N) is 1. The van der Waals surface area contributed by atoms with Crippen molar-refractivity contribution >= 4 is 27.5 Å². The molecule has 0 bridgehead atoms. The normalized spacial score (nSPS) is 23.8. The van der Waals surface area contributed by atoms with Crippen LogP contribution < -0.4 is 5.32 Å². The van der Waals surface area contributed by atoms with Crippen LogP contribution in [0.15, 0.2) is 22.7 Å². The van der Waals surface area contributed by atoms with E-state index < -0.39 is 0 Å². The van der Waals surface area contributed by atoms with Gasteiger partial charge in [-0.25, -0.2) is 0 Å². The first-order valence-corrected chi connectivity index (χ1v) is 7.87. The summed E-state index contributed by atoms with van der Waals surface area (Å²) < 4.78 is 1.17. The lowest BCUT2D eigenvalue weighted by molar-refractivity contribution is 0.301. The highest BCUT2D eigenvalue weighted by Crippen LogP contribution is 2.33. The number of rotatable bonds is 4. The lowest BCUT2D eigenvalue weighted by Crippen LogP contribution is -2.43. The number of hydrogen-bond acceptors (Lipinski definition) is 1. The van der Waals surface area contributed by atoms with E-state index in [0.717, 1.165) is 18.0 Å². The highest BCUT2D eigenvalue weighted by Gasteiger charge is 2.34. The topological polar surface area (TPSA) is 12.0 Å². The summed E-state index contributed by atoms with van der Waals surface area (Å²) in [4.78, 5) is 0. The summed E-state index contributed by atoms with van der Waals surface area (Å²) in [6.45, 7) is 5.74. The number of halogens is 2. The Morgan fingerprint density at radius 3 is 2.83 bits per heavy atom. The maximum atomic E-state index is 6.11. The van der Waals surface area contributed by atoms with Gasteiger partial charge in [-0.15, -0.1) is 0 Å². The third-order valence-corrected chi connectivity index (χ3v) is 4.68. The summed E-state index contributed by atoms with van der Waals surface area (Å²) in [7, 11) is 0. The van der Waals surface area contributed by atoms with Crippen LogP contribution in [0, 0.1) is 5.92 Å². The molecule has 0 saturated carbocycles. The SMILES string of the molecule is CC(C)CC1(Cc2cc(Cl)ccc2Br)CCCN1. The van der Waals surface area contributed by atoms with Gasteiger partial charge in [0.2, 0.25) is 0 Å². The maximum Gasteiger partial charge on any atom is 0.0409 e.